The molecule has 1 fully saturated rings. The van der Waals surface area contributed by atoms with Crippen LogP contribution in [0.3, 0.4) is 0 Å². The van der Waals surface area contributed by atoms with Crippen LogP contribution in [0.2, 0.25) is 0 Å². The highest BCUT2D eigenvalue weighted by atomic mass is 16.2. The van der Waals surface area contributed by atoms with Crippen LogP contribution in [0, 0.1) is 5.92 Å². The van der Waals surface area contributed by atoms with E-state index < -0.39 is 0 Å². The van der Waals surface area contributed by atoms with Crippen molar-refractivity contribution in [3.63, 3.8) is 0 Å². The number of nitrogens with zero attached hydrogens (tertiary/aromatic N) is 3. The molecule has 1 aromatic rings. The summed E-state index contributed by atoms with van der Waals surface area (Å²) in [5, 5.41) is 4.10. The molecule has 0 saturated carbocycles. The summed E-state index contributed by atoms with van der Waals surface area (Å²) in [4.78, 5) is 13.7. The summed E-state index contributed by atoms with van der Waals surface area (Å²) in [6.07, 6.45) is 5.54. The van der Waals surface area contributed by atoms with E-state index >= 15 is 0 Å². The molecule has 0 spiro atoms. The molecule has 0 bridgehead atoms. The van der Waals surface area contributed by atoms with Gasteiger partial charge in [0.25, 0.3) is 0 Å². The lowest BCUT2D eigenvalue weighted by molar-refractivity contribution is -0.137. The van der Waals surface area contributed by atoms with Crippen molar-refractivity contribution in [1.82, 2.24) is 14.7 Å². The van der Waals surface area contributed by atoms with Crippen LogP contribution in [0.15, 0.2) is 12.4 Å². The first-order valence-corrected chi connectivity index (χ1v) is 5.73. The number of hydrogen-bond donors (Lipinski definition) is 1. The van der Waals surface area contributed by atoms with E-state index in [-0.39, 0.29) is 11.8 Å². The quantitative estimate of drug-likeness (QED) is 0.819. The van der Waals surface area contributed by atoms with Gasteiger partial charge in [0, 0.05) is 25.2 Å². The molecule has 0 radical (unpaired) electrons. The molecule has 5 heteroatoms. The number of amides is 1. The lowest BCUT2D eigenvalue weighted by Gasteiger charge is -2.30. The van der Waals surface area contributed by atoms with Crippen molar-refractivity contribution in [3.8, 4) is 0 Å². The zero-order valence-electron chi connectivity index (χ0n) is 9.59. The summed E-state index contributed by atoms with van der Waals surface area (Å²) in [6, 6.07) is 0. The number of anilines is 1. The second kappa shape index (κ2) is 4.55. The van der Waals surface area contributed by atoms with Crippen LogP contribution in [-0.4, -0.2) is 33.7 Å². The Kier molecular flexibility index (Phi) is 3.12. The fourth-order valence-electron chi connectivity index (χ4n) is 2.08. The van der Waals surface area contributed by atoms with E-state index in [0.29, 0.717) is 5.69 Å². The topological polar surface area (TPSA) is 64.2 Å². The molecule has 1 aliphatic heterocycles. The van der Waals surface area contributed by atoms with Gasteiger partial charge in [0.1, 0.15) is 0 Å². The van der Waals surface area contributed by atoms with E-state index in [1.165, 1.54) is 0 Å². The molecule has 2 N–H and O–H groups in total. The SMILES string of the molecule is CC1CCCN(CCn2cc(N)cn2)C1=O. The van der Waals surface area contributed by atoms with Crippen LogP contribution in [-0.2, 0) is 11.3 Å². The van der Waals surface area contributed by atoms with Gasteiger partial charge in [0.05, 0.1) is 18.4 Å². The van der Waals surface area contributed by atoms with Crippen molar-refractivity contribution in [3.05, 3.63) is 12.4 Å². The van der Waals surface area contributed by atoms with E-state index in [2.05, 4.69) is 5.10 Å². The molecule has 0 aromatic carbocycles. The van der Waals surface area contributed by atoms with Gasteiger partial charge in [-0.2, -0.15) is 5.10 Å². The van der Waals surface area contributed by atoms with Crippen LogP contribution in [0.4, 0.5) is 5.69 Å². The Labute approximate surface area is 95.2 Å². The first kappa shape index (κ1) is 11.0. The Hall–Kier alpha value is -1.52. The first-order valence-electron chi connectivity index (χ1n) is 5.73. The molecule has 1 saturated heterocycles. The highest BCUT2D eigenvalue weighted by molar-refractivity contribution is 5.79. The monoisotopic (exact) mass is 222 g/mol. The normalized spacial score (nSPS) is 21.4. The Balaban J connectivity index is 1.87. The summed E-state index contributed by atoms with van der Waals surface area (Å²) in [6.45, 7) is 4.32. The Morgan fingerprint density at radius 1 is 1.56 bits per heavy atom. The van der Waals surface area contributed by atoms with Gasteiger partial charge in [0.2, 0.25) is 5.91 Å². The highest BCUT2D eigenvalue weighted by Crippen LogP contribution is 2.16. The van der Waals surface area contributed by atoms with Crippen LogP contribution in [0.1, 0.15) is 19.8 Å². The zero-order valence-corrected chi connectivity index (χ0v) is 9.59. The van der Waals surface area contributed by atoms with E-state index in [4.69, 9.17) is 5.73 Å². The van der Waals surface area contributed by atoms with Gasteiger partial charge < -0.3 is 10.6 Å². The number of piperidine rings is 1. The molecular weight excluding hydrogens is 204 g/mol. The average Bonchev–Trinajstić information content (AvgIpc) is 2.67. The maximum Gasteiger partial charge on any atom is 0.225 e. The zero-order chi connectivity index (χ0) is 11.5. The Bertz CT molecular complexity index is 374. The molecule has 1 atom stereocenters. The van der Waals surface area contributed by atoms with Crippen LogP contribution >= 0.6 is 0 Å². The molecule has 0 aliphatic carbocycles. The standard InChI is InChI=1S/C11H18N4O/c1-9-3-2-4-14(11(9)16)5-6-15-8-10(12)7-13-15/h7-9H,2-6,12H2,1H3. The molecule has 88 valence electrons. The van der Waals surface area contributed by atoms with Crippen molar-refractivity contribution in [2.24, 2.45) is 5.92 Å². The lowest BCUT2D eigenvalue weighted by Crippen LogP contribution is -2.41. The second-order valence-electron chi connectivity index (χ2n) is 4.41. The third-order valence-electron chi connectivity index (χ3n) is 3.05. The van der Waals surface area contributed by atoms with Crippen LogP contribution in [0.25, 0.3) is 0 Å². The minimum atomic E-state index is 0.177. The number of nitrogen functional groups attached to an aromatic ring is 1. The van der Waals surface area contributed by atoms with Crippen molar-refractivity contribution in [2.45, 2.75) is 26.3 Å². The highest BCUT2D eigenvalue weighted by Gasteiger charge is 2.24. The number of hydrogen-bond acceptors (Lipinski definition) is 3. The Morgan fingerprint density at radius 2 is 2.38 bits per heavy atom. The van der Waals surface area contributed by atoms with Crippen molar-refractivity contribution in [2.75, 3.05) is 18.8 Å². The van der Waals surface area contributed by atoms with Gasteiger partial charge in [-0.25, -0.2) is 0 Å². The molecule has 1 aliphatic rings. The number of likely N-dealkylation sites (tertiary alicyclic amines) is 1. The molecule has 1 unspecified atom stereocenters. The first-order chi connectivity index (χ1) is 7.66. The molecule has 5 nitrogen and oxygen atoms in total. The largest absolute Gasteiger partial charge is 0.396 e. The van der Waals surface area contributed by atoms with E-state index in [0.717, 1.165) is 32.5 Å². The van der Waals surface area contributed by atoms with Gasteiger partial charge in [-0.3, -0.25) is 9.48 Å². The minimum Gasteiger partial charge on any atom is -0.396 e. The van der Waals surface area contributed by atoms with E-state index in [1.807, 2.05) is 11.8 Å². The molecular formula is C11H18N4O. The fourth-order valence-corrected chi connectivity index (χ4v) is 2.08. The molecule has 1 aromatic heterocycles. The van der Waals surface area contributed by atoms with Gasteiger partial charge in [-0.15, -0.1) is 0 Å². The number of rotatable bonds is 3. The number of nitrogens with two attached hydrogens (primary N) is 1. The fraction of sp³-hybridized carbons (Fsp3) is 0.636. The lowest BCUT2D eigenvalue weighted by atomic mass is 9.99. The van der Waals surface area contributed by atoms with E-state index in [9.17, 15) is 4.79 Å². The third kappa shape index (κ3) is 2.35. The number of aromatic nitrogens is 2. The van der Waals surface area contributed by atoms with Crippen LogP contribution in [0.5, 0.6) is 0 Å². The maximum absolute atomic E-state index is 11.8. The number of carbonyl (C=O) groups is 1. The summed E-state index contributed by atoms with van der Waals surface area (Å²) in [7, 11) is 0. The van der Waals surface area contributed by atoms with Gasteiger partial charge >= 0.3 is 0 Å². The summed E-state index contributed by atoms with van der Waals surface area (Å²) >= 11 is 0. The molecule has 16 heavy (non-hydrogen) atoms. The average molecular weight is 222 g/mol. The predicted octanol–water partition coefficient (Wildman–Crippen LogP) is 0.724. The van der Waals surface area contributed by atoms with Crippen LogP contribution < -0.4 is 5.73 Å². The van der Waals surface area contributed by atoms with Gasteiger partial charge in [-0.05, 0) is 12.8 Å². The molecule has 2 rings (SSSR count). The van der Waals surface area contributed by atoms with E-state index in [1.54, 1.807) is 17.1 Å². The van der Waals surface area contributed by atoms with Crippen molar-refractivity contribution in [1.29, 1.82) is 0 Å². The molecule has 1 amide bonds. The number of carbonyl (C=O) groups excluding carboxylic acids is 1. The predicted molar refractivity (Wildman–Crippen MR) is 61.6 cm³/mol. The Morgan fingerprint density at radius 3 is 3.06 bits per heavy atom. The van der Waals surface area contributed by atoms with Gasteiger partial charge in [-0.1, -0.05) is 6.92 Å². The maximum atomic E-state index is 11.8. The summed E-state index contributed by atoms with van der Waals surface area (Å²) < 4.78 is 1.78. The minimum absolute atomic E-state index is 0.177. The van der Waals surface area contributed by atoms with Crippen molar-refractivity contribution >= 4 is 11.6 Å². The summed E-state index contributed by atoms with van der Waals surface area (Å²) in [5.74, 6) is 0.447. The smallest absolute Gasteiger partial charge is 0.225 e. The van der Waals surface area contributed by atoms with Gasteiger partial charge in [0.15, 0.2) is 0 Å². The second-order valence-corrected chi connectivity index (χ2v) is 4.41. The third-order valence-corrected chi connectivity index (χ3v) is 3.05. The molecule has 2 heterocycles. The summed E-state index contributed by atoms with van der Waals surface area (Å²) in [5.41, 5.74) is 6.24. The van der Waals surface area contributed by atoms with Crippen molar-refractivity contribution < 1.29 is 4.79 Å².